The van der Waals surface area contributed by atoms with Gasteiger partial charge in [-0.1, -0.05) is 12.1 Å². The summed E-state index contributed by atoms with van der Waals surface area (Å²) in [4.78, 5) is 12.7. The highest BCUT2D eigenvalue weighted by Gasteiger charge is 2.20. The van der Waals surface area contributed by atoms with Crippen molar-refractivity contribution in [3.8, 4) is 0 Å². The Morgan fingerprint density at radius 2 is 1.80 bits per heavy atom. The van der Waals surface area contributed by atoms with Crippen molar-refractivity contribution in [2.75, 3.05) is 19.6 Å². The van der Waals surface area contributed by atoms with Crippen LogP contribution in [0.2, 0.25) is 0 Å². The minimum absolute atomic E-state index is 0. The molecule has 1 aliphatic heterocycles. The average Bonchev–Trinajstić information content (AvgIpc) is 2.36. The molecule has 0 aromatic heterocycles. The van der Waals surface area contributed by atoms with Crippen molar-refractivity contribution in [2.45, 2.75) is 32.4 Å². The monoisotopic (exact) mass is 299 g/mol. The van der Waals surface area contributed by atoms with E-state index >= 15 is 0 Å². The number of piperazine rings is 1. The maximum Gasteiger partial charge on any atom is 0.269 e. The fourth-order valence-electron chi connectivity index (χ4n) is 2.69. The molecule has 0 spiro atoms. The Labute approximate surface area is 125 Å². The van der Waals surface area contributed by atoms with Gasteiger partial charge in [0.15, 0.2) is 0 Å². The Kier molecular flexibility index (Phi) is 6.39. The molecule has 6 heteroatoms. The van der Waals surface area contributed by atoms with Gasteiger partial charge in [0.2, 0.25) is 0 Å². The van der Waals surface area contributed by atoms with E-state index in [9.17, 15) is 10.1 Å². The maximum atomic E-state index is 10.6. The van der Waals surface area contributed by atoms with Crippen LogP contribution in [-0.4, -0.2) is 41.5 Å². The molecule has 2 unspecified atom stereocenters. The molecule has 1 heterocycles. The van der Waals surface area contributed by atoms with Gasteiger partial charge in [0, 0.05) is 43.9 Å². The van der Waals surface area contributed by atoms with E-state index in [0.717, 1.165) is 31.6 Å². The van der Waals surface area contributed by atoms with Crippen LogP contribution in [0.3, 0.4) is 0 Å². The van der Waals surface area contributed by atoms with Crippen LogP contribution < -0.4 is 5.32 Å². The van der Waals surface area contributed by atoms with Crippen LogP contribution in [0.1, 0.15) is 19.4 Å². The van der Waals surface area contributed by atoms with E-state index in [1.807, 2.05) is 12.1 Å². The summed E-state index contributed by atoms with van der Waals surface area (Å²) >= 11 is 0. The van der Waals surface area contributed by atoms with Crippen molar-refractivity contribution in [3.05, 3.63) is 39.9 Å². The summed E-state index contributed by atoms with van der Waals surface area (Å²) in [5.74, 6) is 0. The molecule has 1 fully saturated rings. The zero-order valence-electron chi connectivity index (χ0n) is 11.9. The van der Waals surface area contributed by atoms with Gasteiger partial charge in [0.05, 0.1) is 4.92 Å². The molecule has 5 nitrogen and oxygen atoms in total. The zero-order valence-corrected chi connectivity index (χ0v) is 12.7. The quantitative estimate of drug-likeness (QED) is 0.684. The Morgan fingerprint density at radius 3 is 2.30 bits per heavy atom. The first-order chi connectivity index (χ1) is 9.04. The SMILES string of the molecule is CC1CN(CCc2ccc([N+](=O)[O-])cc2)CC(C)N1.Cl. The summed E-state index contributed by atoms with van der Waals surface area (Å²) in [6.45, 7) is 7.55. The third-order valence-corrected chi connectivity index (χ3v) is 3.50. The van der Waals surface area contributed by atoms with E-state index in [4.69, 9.17) is 0 Å². The largest absolute Gasteiger partial charge is 0.309 e. The first kappa shape index (κ1) is 16.9. The van der Waals surface area contributed by atoms with Crippen LogP contribution in [0, 0.1) is 10.1 Å². The lowest BCUT2D eigenvalue weighted by molar-refractivity contribution is -0.384. The van der Waals surface area contributed by atoms with Crippen molar-refractivity contribution in [3.63, 3.8) is 0 Å². The molecule has 0 radical (unpaired) electrons. The van der Waals surface area contributed by atoms with E-state index < -0.39 is 0 Å². The van der Waals surface area contributed by atoms with Crippen LogP contribution in [0.15, 0.2) is 24.3 Å². The molecule has 1 saturated heterocycles. The average molecular weight is 300 g/mol. The molecule has 0 saturated carbocycles. The van der Waals surface area contributed by atoms with Gasteiger partial charge in [-0.05, 0) is 25.8 Å². The number of benzene rings is 1. The van der Waals surface area contributed by atoms with Crippen molar-refractivity contribution in [2.24, 2.45) is 0 Å². The number of nitro benzene ring substituents is 1. The van der Waals surface area contributed by atoms with E-state index in [2.05, 4.69) is 24.1 Å². The lowest BCUT2D eigenvalue weighted by Crippen LogP contribution is -2.54. The van der Waals surface area contributed by atoms with E-state index in [1.54, 1.807) is 12.1 Å². The number of nitro groups is 1. The smallest absolute Gasteiger partial charge is 0.269 e. The Morgan fingerprint density at radius 1 is 1.25 bits per heavy atom. The number of rotatable bonds is 4. The third-order valence-electron chi connectivity index (χ3n) is 3.50. The third kappa shape index (κ3) is 4.74. The molecule has 20 heavy (non-hydrogen) atoms. The molecule has 1 aliphatic rings. The molecule has 1 N–H and O–H groups in total. The van der Waals surface area contributed by atoms with Crippen LogP contribution in [-0.2, 0) is 6.42 Å². The van der Waals surface area contributed by atoms with Gasteiger partial charge in [-0.2, -0.15) is 0 Å². The predicted octanol–water partition coefficient (Wildman–Crippen LogP) is 2.24. The molecule has 0 bridgehead atoms. The maximum absolute atomic E-state index is 10.6. The molecule has 1 aromatic carbocycles. The Hall–Kier alpha value is -1.17. The van der Waals surface area contributed by atoms with Crippen molar-refractivity contribution in [1.29, 1.82) is 0 Å². The van der Waals surface area contributed by atoms with Crippen molar-refractivity contribution >= 4 is 18.1 Å². The van der Waals surface area contributed by atoms with Crippen LogP contribution in [0.4, 0.5) is 5.69 Å². The van der Waals surface area contributed by atoms with Gasteiger partial charge in [-0.15, -0.1) is 12.4 Å². The number of hydrogen-bond acceptors (Lipinski definition) is 4. The molecule has 0 aliphatic carbocycles. The van der Waals surface area contributed by atoms with Crippen molar-refractivity contribution < 1.29 is 4.92 Å². The molecule has 0 amide bonds. The number of hydrogen-bond donors (Lipinski definition) is 1. The van der Waals surface area contributed by atoms with Gasteiger partial charge < -0.3 is 5.32 Å². The van der Waals surface area contributed by atoms with E-state index in [1.165, 1.54) is 0 Å². The highest BCUT2D eigenvalue weighted by molar-refractivity contribution is 5.85. The molecule has 112 valence electrons. The summed E-state index contributed by atoms with van der Waals surface area (Å²) in [5, 5.41) is 14.1. The molecule has 2 rings (SSSR count). The van der Waals surface area contributed by atoms with Gasteiger partial charge in [0.1, 0.15) is 0 Å². The van der Waals surface area contributed by atoms with Crippen LogP contribution in [0.5, 0.6) is 0 Å². The fourth-order valence-corrected chi connectivity index (χ4v) is 2.69. The van der Waals surface area contributed by atoms with Crippen LogP contribution in [0.25, 0.3) is 0 Å². The topological polar surface area (TPSA) is 58.4 Å². The lowest BCUT2D eigenvalue weighted by atomic mass is 10.1. The Bertz CT molecular complexity index is 429. The van der Waals surface area contributed by atoms with E-state index in [-0.39, 0.29) is 23.0 Å². The minimum atomic E-state index is -0.358. The Balaban J connectivity index is 0.00000200. The number of halogens is 1. The fraction of sp³-hybridized carbons (Fsp3) is 0.571. The zero-order chi connectivity index (χ0) is 13.8. The van der Waals surface area contributed by atoms with Gasteiger partial charge in [0.25, 0.3) is 5.69 Å². The van der Waals surface area contributed by atoms with Gasteiger partial charge in [-0.25, -0.2) is 0 Å². The highest BCUT2D eigenvalue weighted by atomic mass is 35.5. The molecular weight excluding hydrogens is 278 g/mol. The second kappa shape index (κ2) is 7.57. The first-order valence-corrected chi connectivity index (χ1v) is 6.76. The lowest BCUT2D eigenvalue weighted by Gasteiger charge is -2.36. The van der Waals surface area contributed by atoms with Crippen LogP contribution >= 0.6 is 12.4 Å². The number of nitrogens with zero attached hydrogens (tertiary/aromatic N) is 2. The summed E-state index contributed by atoms with van der Waals surface area (Å²) < 4.78 is 0. The predicted molar refractivity (Wildman–Crippen MR) is 82.5 cm³/mol. The molecular formula is C14H22ClN3O2. The standard InChI is InChI=1S/C14H21N3O2.ClH/c1-11-9-16(10-12(2)15-11)8-7-13-3-5-14(6-4-13)17(18)19;/h3-6,11-12,15H,7-10H2,1-2H3;1H. The summed E-state index contributed by atoms with van der Waals surface area (Å²) in [5.41, 5.74) is 1.32. The minimum Gasteiger partial charge on any atom is -0.309 e. The highest BCUT2D eigenvalue weighted by Crippen LogP contribution is 2.13. The number of non-ortho nitro benzene ring substituents is 1. The first-order valence-electron chi connectivity index (χ1n) is 6.76. The van der Waals surface area contributed by atoms with Crippen molar-refractivity contribution in [1.82, 2.24) is 10.2 Å². The summed E-state index contributed by atoms with van der Waals surface area (Å²) in [7, 11) is 0. The second-order valence-corrected chi connectivity index (χ2v) is 5.40. The van der Waals surface area contributed by atoms with Gasteiger partial charge >= 0.3 is 0 Å². The second-order valence-electron chi connectivity index (χ2n) is 5.40. The van der Waals surface area contributed by atoms with Gasteiger partial charge in [-0.3, -0.25) is 15.0 Å². The molecule has 2 atom stereocenters. The molecule has 1 aromatic rings. The summed E-state index contributed by atoms with van der Waals surface area (Å²) in [6.07, 6.45) is 0.942. The van der Waals surface area contributed by atoms with E-state index in [0.29, 0.717) is 12.1 Å². The summed E-state index contributed by atoms with van der Waals surface area (Å²) in [6, 6.07) is 7.93. The normalized spacial score (nSPS) is 23.1. The number of nitrogens with one attached hydrogen (secondary N) is 1.